The first kappa shape index (κ1) is 16.1. The van der Waals surface area contributed by atoms with Crippen molar-refractivity contribution in [3.8, 4) is 0 Å². The average molecular weight is 300 g/mol. The van der Waals surface area contributed by atoms with Gasteiger partial charge in [0.25, 0.3) is 5.91 Å². The number of carbonyl (C=O) groups excluding carboxylic acids is 2. The lowest BCUT2D eigenvalue weighted by Gasteiger charge is -2.13. The number of hydrogen-bond donors (Lipinski definition) is 3. The lowest BCUT2D eigenvalue weighted by molar-refractivity contribution is -0.139. The van der Waals surface area contributed by atoms with E-state index in [1.165, 1.54) is 20.1 Å². The average Bonchev–Trinajstić information content (AvgIpc) is 2.81. The predicted molar refractivity (Wildman–Crippen MR) is 74.0 cm³/mol. The van der Waals surface area contributed by atoms with Gasteiger partial charge in [-0.2, -0.15) is 0 Å². The van der Waals surface area contributed by atoms with Gasteiger partial charge in [-0.3, -0.25) is 9.59 Å². The maximum Gasteiger partial charge on any atom is 0.326 e. The molecule has 0 bridgehead atoms. The minimum Gasteiger partial charge on any atom is -0.480 e. The summed E-state index contributed by atoms with van der Waals surface area (Å²) in [5.41, 5.74) is 0. The van der Waals surface area contributed by atoms with Crippen LogP contribution in [0.3, 0.4) is 0 Å². The minimum atomic E-state index is -1.12. The number of carboxylic acid groups (broad SMARTS) is 1. The van der Waals surface area contributed by atoms with Gasteiger partial charge in [-0.1, -0.05) is 0 Å². The lowest BCUT2D eigenvalue weighted by Crippen LogP contribution is -2.41. The second kappa shape index (κ2) is 7.61. The predicted octanol–water partition coefficient (Wildman–Crippen LogP) is 0.926. The fourth-order valence-electron chi connectivity index (χ4n) is 1.42. The van der Waals surface area contributed by atoms with Crippen molar-refractivity contribution < 1.29 is 24.2 Å². The fraction of sp³-hybridized carbons (Fsp3) is 0.417. The highest BCUT2D eigenvalue weighted by Gasteiger charge is 2.21. The smallest absolute Gasteiger partial charge is 0.326 e. The first-order valence-corrected chi connectivity index (χ1v) is 6.65. The molecule has 8 heteroatoms. The number of rotatable bonds is 7. The Hall–Kier alpha value is -1.93. The monoisotopic (exact) mass is 300 g/mol. The van der Waals surface area contributed by atoms with Gasteiger partial charge < -0.3 is 20.5 Å². The van der Waals surface area contributed by atoms with Crippen LogP contribution in [0.2, 0.25) is 0 Å². The van der Waals surface area contributed by atoms with E-state index in [9.17, 15) is 14.4 Å². The van der Waals surface area contributed by atoms with Crippen LogP contribution in [-0.4, -0.2) is 42.6 Å². The van der Waals surface area contributed by atoms with Crippen LogP contribution < -0.4 is 10.6 Å². The lowest BCUT2D eigenvalue weighted by atomic mass is 10.2. The summed E-state index contributed by atoms with van der Waals surface area (Å²) < 4.78 is 4.80. The molecule has 1 aromatic heterocycles. The Morgan fingerprint density at radius 1 is 1.40 bits per heavy atom. The maximum absolute atomic E-state index is 11.9. The molecular formula is C12H16N2O5S. The number of carboxylic acids is 1. The molecule has 0 aliphatic heterocycles. The second-order valence-corrected chi connectivity index (χ2v) is 5.07. The highest BCUT2D eigenvalue weighted by Crippen LogP contribution is 2.21. The van der Waals surface area contributed by atoms with Crippen LogP contribution in [-0.2, 0) is 14.3 Å². The van der Waals surface area contributed by atoms with E-state index in [4.69, 9.17) is 9.84 Å². The van der Waals surface area contributed by atoms with Gasteiger partial charge in [-0.05, 0) is 12.1 Å². The minimum absolute atomic E-state index is 0.182. The van der Waals surface area contributed by atoms with E-state index >= 15 is 0 Å². The van der Waals surface area contributed by atoms with Crippen LogP contribution in [0.4, 0.5) is 5.00 Å². The number of hydrogen-bond acceptors (Lipinski definition) is 5. The number of nitrogens with one attached hydrogen (secondary N) is 2. The summed E-state index contributed by atoms with van der Waals surface area (Å²) in [6.45, 7) is 1.60. The molecule has 3 N–H and O–H groups in total. The Bertz CT molecular complexity index is 500. The van der Waals surface area contributed by atoms with Gasteiger partial charge in [0.15, 0.2) is 0 Å². The fourth-order valence-corrected chi connectivity index (χ4v) is 2.28. The third-order valence-corrected chi connectivity index (χ3v) is 3.34. The molecule has 110 valence electrons. The van der Waals surface area contributed by atoms with E-state index in [1.54, 1.807) is 6.07 Å². The molecule has 0 spiro atoms. The van der Waals surface area contributed by atoms with E-state index in [0.29, 0.717) is 9.88 Å². The molecule has 0 aliphatic carbocycles. The molecule has 0 saturated heterocycles. The Morgan fingerprint density at radius 3 is 2.65 bits per heavy atom. The van der Waals surface area contributed by atoms with Gasteiger partial charge >= 0.3 is 5.97 Å². The van der Waals surface area contributed by atoms with Crippen molar-refractivity contribution in [3.05, 3.63) is 17.0 Å². The molecule has 1 unspecified atom stereocenters. The van der Waals surface area contributed by atoms with Gasteiger partial charge in [0.05, 0.1) is 9.88 Å². The quantitative estimate of drug-likeness (QED) is 0.694. The molecule has 0 radical (unpaired) electrons. The second-order valence-electron chi connectivity index (χ2n) is 3.99. The van der Waals surface area contributed by atoms with Gasteiger partial charge in [-0.15, -0.1) is 11.3 Å². The summed E-state index contributed by atoms with van der Waals surface area (Å²) in [6.07, 6.45) is 0.182. The summed E-state index contributed by atoms with van der Waals surface area (Å²) in [6, 6.07) is 2.11. The molecule has 1 rings (SSSR count). The first-order chi connectivity index (χ1) is 9.43. The summed E-state index contributed by atoms with van der Waals surface area (Å²) in [7, 11) is 1.46. The molecule has 7 nitrogen and oxygen atoms in total. The third-order valence-electron chi connectivity index (χ3n) is 2.34. The van der Waals surface area contributed by atoms with Crippen molar-refractivity contribution in [2.24, 2.45) is 0 Å². The normalized spacial score (nSPS) is 11.7. The first-order valence-electron chi connectivity index (χ1n) is 5.84. The van der Waals surface area contributed by atoms with Crippen LogP contribution in [0.1, 0.15) is 23.0 Å². The maximum atomic E-state index is 11.9. The van der Waals surface area contributed by atoms with E-state index in [-0.39, 0.29) is 18.9 Å². The van der Waals surface area contributed by atoms with E-state index in [2.05, 4.69) is 10.6 Å². The van der Waals surface area contributed by atoms with Crippen molar-refractivity contribution in [2.45, 2.75) is 19.4 Å². The Balaban J connectivity index is 2.66. The van der Waals surface area contributed by atoms with Gasteiger partial charge in [0, 0.05) is 27.1 Å². The number of methoxy groups -OCH3 is 1. The Kier molecular flexibility index (Phi) is 6.13. The van der Waals surface area contributed by atoms with Crippen LogP contribution in [0.25, 0.3) is 0 Å². The summed E-state index contributed by atoms with van der Waals surface area (Å²) in [4.78, 5) is 34.1. The highest BCUT2D eigenvalue weighted by molar-refractivity contribution is 7.18. The van der Waals surface area contributed by atoms with Crippen molar-refractivity contribution in [1.82, 2.24) is 5.32 Å². The molecule has 0 aliphatic rings. The van der Waals surface area contributed by atoms with E-state index in [0.717, 1.165) is 11.3 Å². The molecular weight excluding hydrogens is 284 g/mol. The zero-order valence-electron chi connectivity index (χ0n) is 11.1. The molecule has 1 atom stereocenters. The summed E-state index contributed by atoms with van der Waals surface area (Å²) >= 11 is 1.08. The van der Waals surface area contributed by atoms with Crippen molar-refractivity contribution >= 4 is 34.1 Å². The number of thiophene rings is 1. The largest absolute Gasteiger partial charge is 0.480 e. The SMILES string of the molecule is COCCC(NC(=O)c1ccc(NC(C)=O)s1)C(=O)O. The molecule has 20 heavy (non-hydrogen) atoms. The zero-order valence-corrected chi connectivity index (χ0v) is 12.0. The van der Waals surface area contributed by atoms with Crippen molar-refractivity contribution in [2.75, 3.05) is 19.0 Å². The zero-order chi connectivity index (χ0) is 15.1. The highest BCUT2D eigenvalue weighted by atomic mass is 32.1. The Labute approximate surface area is 119 Å². The molecule has 0 fully saturated rings. The van der Waals surface area contributed by atoms with Gasteiger partial charge in [0.1, 0.15) is 6.04 Å². The van der Waals surface area contributed by atoms with Crippen LogP contribution in [0, 0.1) is 0 Å². The van der Waals surface area contributed by atoms with Crippen LogP contribution >= 0.6 is 11.3 Å². The molecule has 1 heterocycles. The van der Waals surface area contributed by atoms with Crippen molar-refractivity contribution in [3.63, 3.8) is 0 Å². The number of aliphatic carboxylic acids is 1. The van der Waals surface area contributed by atoms with Crippen LogP contribution in [0.5, 0.6) is 0 Å². The standard InChI is InChI=1S/C12H16N2O5S/c1-7(15)13-10-4-3-9(20-10)11(16)14-8(12(17)18)5-6-19-2/h3-4,8H,5-6H2,1-2H3,(H,13,15)(H,14,16)(H,17,18). The number of carbonyl (C=O) groups is 3. The summed E-state index contributed by atoms with van der Waals surface area (Å²) in [5, 5.41) is 14.5. The van der Waals surface area contributed by atoms with Crippen LogP contribution in [0.15, 0.2) is 12.1 Å². The van der Waals surface area contributed by atoms with Gasteiger partial charge in [-0.25, -0.2) is 4.79 Å². The number of amides is 2. The third kappa shape index (κ3) is 4.98. The summed E-state index contributed by atoms with van der Waals surface area (Å²) in [5.74, 6) is -1.84. The molecule has 0 saturated carbocycles. The molecule has 2 amide bonds. The molecule has 0 aromatic carbocycles. The topological polar surface area (TPSA) is 105 Å². The van der Waals surface area contributed by atoms with E-state index < -0.39 is 17.9 Å². The Morgan fingerprint density at radius 2 is 2.10 bits per heavy atom. The van der Waals surface area contributed by atoms with Gasteiger partial charge in [0.2, 0.25) is 5.91 Å². The van der Waals surface area contributed by atoms with Crippen molar-refractivity contribution in [1.29, 1.82) is 0 Å². The number of anilines is 1. The van der Waals surface area contributed by atoms with E-state index in [1.807, 2.05) is 0 Å². The molecule has 1 aromatic rings. The number of ether oxygens (including phenoxy) is 1.